The average molecular weight is 1410 g/mol. The largest absolute Gasteiger partial charge is 0.507 e. The van der Waals surface area contributed by atoms with Gasteiger partial charge in [0.1, 0.15) is 74.3 Å². The maximum absolute atomic E-state index is 12.0. The predicted molar refractivity (Wildman–Crippen MR) is 376 cm³/mol. The number of aryl methyl sites for hydroxylation is 1. The Balaban J connectivity index is 0.000000302. The van der Waals surface area contributed by atoms with Gasteiger partial charge in [0, 0.05) is 135 Å². The molecule has 7 rings (SSSR count). The first-order valence-corrected chi connectivity index (χ1v) is 32.6. The van der Waals surface area contributed by atoms with Gasteiger partial charge in [-0.1, -0.05) is 61.0 Å². The van der Waals surface area contributed by atoms with E-state index in [1.54, 1.807) is 136 Å². The van der Waals surface area contributed by atoms with Gasteiger partial charge in [-0.15, -0.1) is 0 Å². The Kier molecular flexibility index (Phi) is 33.3. The van der Waals surface area contributed by atoms with Crippen LogP contribution < -0.4 is 19.4 Å². The lowest BCUT2D eigenvalue weighted by molar-refractivity contribution is 0.134. The smallest absolute Gasteiger partial charge is 0.358 e. The second-order valence-corrected chi connectivity index (χ2v) is 24.9. The average Bonchev–Trinajstić information content (AvgIpc) is 0.742. The van der Waals surface area contributed by atoms with Crippen LogP contribution >= 0.6 is 0 Å². The normalized spacial score (nSPS) is 11.7. The van der Waals surface area contributed by atoms with E-state index in [-0.39, 0.29) is 108 Å². The quantitative estimate of drug-likeness (QED) is 0.0141. The zero-order valence-electron chi connectivity index (χ0n) is 60.2. The summed E-state index contributed by atoms with van der Waals surface area (Å²) in [6, 6.07) is 34.8. The van der Waals surface area contributed by atoms with Crippen LogP contribution in [0.25, 0.3) is 0 Å². The van der Waals surface area contributed by atoms with Crippen molar-refractivity contribution in [2.24, 2.45) is 5.16 Å². The summed E-state index contributed by atoms with van der Waals surface area (Å²) in [5.74, 6) is 2.17. The molecule has 0 unspecified atom stereocenters. The number of hydrogen-bond acceptors (Lipinski definition) is 27. The van der Waals surface area contributed by atoms with Crippen molar-refractivity contribution in [2.45, 2.75) is 83.1 Å². The maximum atomic E-state index is 12.0. The fourth-order valence-corrected chi connectivity index (χ4v) is 11.3. The van der Waals surface area contributed by atoms with E-state index < -0.39 is 20.9 Å². The van der Waals surface area contributed by atoms with E-state index in [0.29, 0.717) is 62.5 Å². The molecule has 544 valence electrons. The van der Waals surface area contributed by atoms with Crippen molar-refractivity contribution in [1.82, 2.24) is 15.0 Å². The van der Waals surface area contributed by atoms with Gasteiger partial charge < -0.3 is 76.9 Å². The highest BCUT2D eigenvalue weighted by Gasteiger charge is 2.36. The number of nitrogens with zero attached hydrogens (tertiary/aromatic N) is 8. The molecule has 0 bridgehead atoms. The summed E-state index contributed by atoms with van der Waals surface area (Å²) in [5, 5.41) is 45.8. The van der Waals surface area contributed by atoms with Crippen molar-refractivity contribution in [3.8, 4) is 29.1 Å². The number of methoxy groups -OCH3 is 13. The highest BCUT2D eigenvalue weighted by molar-refractivity contribution is 7.86. The zero-order chi connectivity index (χ0) is 73.6. The number of anilines is 3. The molecule has 100 heavy (non-hydrogen) atoms. The van der Waals surface area contributed by atoms with Crippen molar-refractivity contribution < 1.29 is 89.6 Å². The highest BCUT2D eigenvalue weighted by atomic mass is 32.2. The minimum absolute atomic E-state index is 0.0288. The van der Waals surface area contributed by atoms with Gasteiger partial charge in [0.25, 0.3) is 0 Å². The molecule has 7 aromatic rings. The number of oxime groups is 1. The van der Waals surface area contributed by atoms with Crippen molar-refractivity contribution in [2.75, 3.05) is 148 Å². The summed E-state index contributed by atoms with van der Waals surface area (Å²) < 4.78 is 97.8. The minimum Gasteiger partial charge on any atom is -0.507 e. The summed E-state index contributed by atoms with van der Waals surface area (Å²) >= 11 is 0. The standard InChI is InChI=1S/C41H52O9.C16H14N2O4S.C15H30N6O6/c1-40(2,34-14-26(20-45-4)37(42)27(15-34)21-46-5)32-10-12-33(13-11-32)41(3,35-16-28(22-47-6)38(43)29(17-35)23-48-7)36-18-30(24-49-8)39(44)31(19-36)25-50-9;1-12-3-9-15(10-4-12)23(19,20)22-18-16(11-17)13-5-7-14(21-2)8-6-13;1-22-7-19(8-23-2)13-16-14(20(9-24-3)10-25-4)18-15(17-13)21(11-26-5)12-27-6/h10-19,42-44H,20-25H2,1-9H3;3-10H,1-2H3;7-12H2,1-6H3/b;18-16+;. The number of phenolic OH excluding ortho intramolecular Hbond substituents is 3. The lowest BCUT2D eigenvalue weighted by Gasteiger charge is -2.35. The third kappa shape index (κ3) is 21.7. The minimum atomic E-state index is -4.07. The van der Waals surface area contributed by atoms with Crippen LogP contribution in [0.1, 0.15) is 93.1 Å². The topological polar surface area (TPSA) is 309 Å². The first kappa shape index (κ1) is 82.0. The lowest BCUT2D eigenvalue weighted by atomic mass is 9.68. The fraction of sp³-hybridized carbons (Fsp3) is 0.431. The van der Waals surface area contributed by atoms with Crippen molar-refractivity contribution >= 4 is 33.7 Å². The number of ether oxygens (including phenoxy) is 13. The first-order chi connectivity index (χ1) is 48.0. The van der Waals surface area contributed by atoms with Crippen molar-refractivity contribution in [3.05, 3.63) is 182 Å². The predicted octanol–water partition coefficient (Wildman–Crippen LogP) is 9.91. The molecule has 1 heterocycles. The molecule has 0 fully saturated rings. The second kappa shape index (κ2) is 40.6. The van der Waals surface area contributed by atoms with Crippen LogP contribution in [-0.2, 0) is 122 Å². The molecule has 0 saturated heterocycles. The molecule has 0 spiro atoms. The van der Waals surface area contributed by atoms with Gasteiger partial charge in [0.05, 0.1) is 46.8 Å². The molecule has 28 heteroatoms. The van der Waals surface area contributed by atoms with Gasteiger partial charge >= 0.3 is 10.1 Å². The Hall–Kier alpha value is -8.64. The molecule has 0 aliphatic heterocycles. The SMILES string of the molecule is COCN(COC)c1nc(N(COC)COC)nc(N(COC)COC)n1.COCc1cc(C(C)(C)c2ccc(C(C)(c3cc(COC)c(O)c(COC)c3)c3cc(COC)c(O)c(COC)c3)cc2)cc(COC)c1O.COc1ccc(/C(C#N)=N/OS(=O)(=O)c2ccc(C)cc2)cc1. The number of phenols is 3. The van der Waals surface area contributed by atoms with Gasteiger partial charge in [-0.3, -0.25) is 19.0 Å². The fourth-order valence-electron chi connectivity index (χ4n) is 10.6. The Morgan fingerprint density at radius 2 is 0.750 bits per heavy atom. The van der Waals surface area contributed by atoms with Gasteiger partial charge in [0.15, 0.2) is 5.71 Å². The molecule has 0 amide bonds. The zero-order valence-corrected chi connectivity index (χ0v) is 61.1. The van der Waals surface area contributed by atoms with Gasteiger partial charge in [0.2, 0.25) is 17.8 Å². The van der Waals surface area contributed by atoms with Gasteiger partial charge in [-0.05, 0) is 114 Å². The van der Waals surface area contributed by atoms with E-state index in [1.165, 1.54) is 19.2 Å². The Morgan fingerprint density at radius 3 is 1.04 bits per heavy atom. The summed E-state index contributed by atoms with van der Waals surface area (Å²) in [6.45, 7) is 11.1. The number of aromatic hydroxyl groups is 3. The number of nitriles is 1. The molecule has 0 atom stereocenters. The van der Waals surface area contributed by atoms with Crippen LogP contribution in [-0.4, -0.2) is 177 Å². The Labute approximate surface area is 587 Å². The van der Waals surface area contributed by atoms with Crippen LogP contribution in [0.4, 0.5) is 17.8 Å². The van der Waals surface area contributed by atoms with Crippen LogP contribution in [0.3, 0.4) is 0 Å². The Morgan fingerprint density at radius 1 is 0.440 bits per heavy atom. The molecular formula is C72H96N8O19S. The molecule has 6 aromatic carbocycles. The summed E-state index contributed by atoms with van der Waals surface area (Å²) in [6.07, 6.45) is 0. The van der Waals surface area contributed by atoms with Crippen LogP contribution in [0.15, 0.2) is 119 Å². The number of benzene rings is 6. The van der Waals surface area contributed by atoms with E-state index in [4.69, 9.17) is 66.8 Å². The van der Waals surface area contributed by atoms with Crippen LogP contribution in [0.5, 0.6) is 23.0 Å². The van der Waals surface area contributed by atoms with E-state index in [0.717, 1.165) is 33.4 Å². The highest BCUT2D eigenvalue weighted by Crippen LogP contribution is 2.45. The molecule has 0 radical (unpaired) electrons. The van der Waals surface area contributed by atoms with Gasteiger partial charge in [-0.25, -0.2) is 0 Å². The molecule has 1 aromatic heterocycles. The molecule has 27 nitrogen and oxygen atoms in total. The summed E-state index contributed by atoms with van der Waals surface area (Å²) in [5.41, 5.74) is 8.81. The monoisotopic (exact) mass is 1410 g/mol. The number of rotatable bonds is 37. The third-order valence-electron chi connectivity index (χ3n) is 15.8. The van der Waals surface area contributed by atoms with Crippen LogP contribution in [0.2, 0.25) is 0 Å². The molecular weight excluding hydrogens is 1310 g/mol. The van der Waals surface area contributed by atoms with E-state index in [1.807, 2.05) is 49.4 Å². The first-order valence-electron chi connectivity index (χ1n) is 31.2. The molecule has 3 N–H and O–H groups in total. The van der Waals surface area contributed by atoms with E-state index in [2.05, 4.69) is 69.4 Å². The van der Waals surface area contributed by atoms with E-state index >= 15 is 0 Å². The number of hydrogen-bond donors (Lipinski definition) is 3. The van der Waals surface area contributed by atoms with Crippen molar-refractivity contribution in [1.29, 1.82) is 5.26 Å². The number of aromatic nitrogens is 3. The summed E-state index contributed by atoms with van der Waals surface area (Å²) in [7, 11) is 16.5. The Bertz CT molecular complexity index is 3610. The molecule has 0 saturated carbocycles. The van der Waals surface area contributed by atoms with Crippen molar-refractivity contribution in [3.63, 3.8) is 0 Å². The molecule has 0 aliphatic rings. The second-order valence-electron chi connectivity index (χ2n) is 23.3. The maximum Gasteiger partial charge on any atom is 0.358 e. The van der Waals surface area contributed by atoms with Crippen LogP contribution in [0, 0.1) is 18.3 Å². The third-order valence-corrected chi connectivity index (χ3v) is 16.9. The molecule has 0 aliphatic carbocycles. The summed E-state index contributed by atoms with van der Waals surface area (Å²) in [4.78, 5) is 18.6. The van der Waals surface area contributed by atoms with Gasteiger partial charge in [-0.2, -0.15) is 28.6 Å². The lowest BCUT2D eigenvalue weighted by Crippen LogP contribution is -2.36. The van der Waals surface area contributed by atoms with E-state index in [9.17, 15) is 23.7 Å².